The minimum atomic E-state index is -0.509. The molecule has 2 amide bonds. The van der Waals surface area contributed by atoms with Crippen LogP contribution in [0.5, 0.6) is 0 Å². The van der Waals surface area contributed by atoms with E-state index >= 15 is 0 Å². The Morgan fingerprint density at radius 2 is 1.94 bits per heavy atom. The summed E-state index contributed by atoms with van der Waals surface area (Å²) in [5.41, 5.74) is 5.86. The minimum Gasteiger partial charge on any atom is -0.347 e. The first-order valence-electron chi connectivity index (χ1n) is 6.13. The number of carbonyl (C=O) groups excluding carboxylic acids is 2. The van der Waals surface area contributed by atoms with Gasteiger partial charge in [-0.25, -0.2) is 0 Å². The van der Waals surface area contributed by atoms with Crippen molar-refractivity contribution in [1.29, 1.82) is 0 Å². The Morgan fingerprint density at radius 3 is 2.41 bits per heavy atom. The molecule has 0 saturated carbocycles. The Morgan fingerprint density at radius 1 is 1.35 bits per heavy atom. The van der Waals surface area contributed by atoms with Crippen molar-refractivity contribution >= 4 is 11.8 Å². The number of likely N-dealkylation sites (tertiary alicyclic amines) is 1. The van der Waals surface area contributed by atoms with Crippen LogP contribution in [0.3, 0.4) is 0 Å². The molecule has 0 aromatic rings. The Kier molecular flexibility index (Phi) is 4.51. The normalized spacial score (nSPS) is 21.8. The van der Waals surface area contributed by atoms with Crippen LogP contribution in [-0.2, 0) is 9.59 Å². The molecule has 2 N–H and O–H groups in total. The van der Waals surface area contributed by atoms with E-state index in [4.69, 9.17) is 5.73 Å². The summed E-state index contributed by atoms with van der Waals surface area (Å²) < 4.78 is 0. The number of nitrogens with zero attached hydrogens (tertiary/aromatic N) is 2. The van der Waals surface area contributed by atoms with Gasteiger partial charge in [0.05, 0.1) is 6.04 Å². The maximum absolute atomic E-state index is 12.2. The molecular formula is C12H23N3O2. The van der Waals surface area contributed by atoms with Crippen LogP contribution >= 0.6 is 0 Å². The highest BCUT2D eigenvalue weighted by Gasteiger charge is 2.37. The lowest BCUT2D eigenvalue weighted by Gasteiger charge is -2.29. The molecule has 1 saturated heterocycles. The van der Waals surface area contributed by atoms with Crippen molar-refractivity contribution in [3.63, 3.8) is 0 Å². The summed E-state index contributed by atoms with van der Waals surface area (Å²) in [5, 5.41) is 0. The number of hydrogen-bond acceptors (Lipinski definition) is 3. The molecule has 0 aromatic carbocycles. The topological polar surface area (TPSA) is 66.6 Å². The second-order valence-corrected chi connectivity index (χ2v) is 5.19. The molecule has 0 aromatic heterocycles. The van der Waals surface area contributed by atoms with E-state index in [0.717, 1.165) is 12.8 Å². The maximum atomic E-state index is 12.2. The van der Waals surface area contributed by atoms with E-state index in [9.17, 15) is 9.59 Å². The highest BCUT2D eigenvalue weighted by atomic mass is 16.2. The largest absolute Gasteiger partial charge is 0.347 e. The molecule has 1 fully saturated rings. The van der Waals surface area contributed by atoms with Crippen LogP contribution in [0, 0.1) is 5.92 Å². The van der Waals surface area contributed by atoms with Crippen molar-refractivity contribution in [2.24, 2.45) is 11.7 Å². The lowest BCUT2D eigenvalue weighted by atomic mass is 10.0. The van der Waals surface area contributed by atoms with Gasteiger partial charge in [0.25, 0.3) is 0 Å². The minimum absolute atomic E-state index is 0.00759. The molecule has 1 unspecified atom stereocenters. The molecule has 17 heavy (non-hydrogen) atoms. The summed E-state index contributed by atoms with van der Waals surface area (Å²) in [5.74, 6) is -0.0114. The van der Waals surface area contributed by atoms with E-state index < -0.39 is 6.04 Å². The quantitative estimate of drug-likeness (QED) is 0.759. The van der Waals surface area contributed by atoms with Crippen LogP contribution in [0.1, 0.15) is 26.7 Å². The first-order chi connectivity index (χ1) is 7.86. The second-order valence-electron chi connectivity index (χ2n) is 5.19. The second kappa shape index (κ2) is 5.49. The molecule has 2 atom stereocenters. The summed E-state index contributed by atoms with van der Waals surface area (Å²) in [6.45, 7) is 4.48. The van der Waals surface area contributed by atoms with Gasteiger partial charge in [0.1, 0.15) is 6.04 Å². The van der Waals surface area contributed by atoms with Gasteiger partial charge in [-0.1, -0.05) is 13.8 Å². The Bertz CT molecular complexity index is 302. The van der Waals surface area contributed by atoms with E-state index in [1.165, 1.54) is 4.90 Å². The van der Waals surface area contributed by atoms with Crippen LogP contribution in [0.2, 0.25) is 0 Å². The first kappa shape index (κ1) is 14.0. The average molecular weight is 241 g/mol. The van der Waals surface area contributed by atoms with Gasteiger partial charge in [-0.15, -0.1) is 0 Å². The first-order valence-corrected chi connectivity index (χ1v) is 6.13. The molecule has 5 nitrogen and oxygen atoms in total. The smallest absolute Gasteiger partial charge is 0.244 e. The Hall–Kier alpha value is -1.10. The van der Waals surface area contributed by atoms with Gasteiger partial charge in [-0.3, -0.25) is 9.59 Å². The van der Waals surface area contributed by atoms with Crippen molar-refractivity contribution in [3.05, 3.63) is 0 Å². The van der Waals surface area contributed by atoms with Crippen molar-refractivity contribution < 1.29 is 9.59 Å². The number of rotatable bonds is 3. The predicted molar refractivity (Wildman–Crippen MR) is 66.2 cm³/mol. The van der Waals surface area contributed by atoms with Gasteiger partial charge in [-0.05, 0) is 18.8 Å². The number of nitrogens with two attached hydrogens (primary N) is 1. The van der Waals surface area contributed by atoms with Gasteiger partial charge in [0, 0.05) is 20.6 Å². The highest BCUT2D eigenvalue weighted by molar-refractivity contribution is 5.90. The third-order valence-electron chi connectivity index (χ3n) is 3.27. The molecule has 0 radical (unpaired) electrons. The molecule has 0 spiro atoms. The maximum Gasteiger partial charge on any atom is 0.244 e. The van der Waals surface area contributed by atoms with E-state index in [0.29, 0.717) is 6.54 Å². The summed E-state index contributed by atoms with van der Waals surface area (Å²) in [6.07, 6.45) is 1.62. The van der Waals surface area contributed by atoms with Crippen LogP contribution in [-0.4, -0.2) is 54.3 Å². The molecule has 0 aliphatic carbocycles. The van der Waals surface area contributed by atoms with Crippen molar-refractivity contribution in [2.75, 3.05) is 20.6 Å². The fraction of sp³-hybridized carbons (Fsp3) is 0.833. The Labute approximate surface area is 103 Å². The zero-order chi connectivity index (χ0) is 13.2. The molecule has 1 aliphatic heterocycles. The third-order valence-corrected chi connectivity index (χ3v) is 3.27. The van der Waals surface area contributed by atoms with Gasteiger partial charge < -0.3 is 15.5 Å². The van der Waals surface area contributed by atoms with E-state index in [2.05, 4.69) is 0 Å². The van der Waals surface area contributed by atoms with Crippen molar-refractivity contribution in [1.82, 2.24) is 9.80 Å². The lowest BCUT2D eigenvalue weighted by Crippen LogP contribution is -2.52. The van der Waals surface area contributed by atoms with Crippen LogP contribution < -0.4 is 5.73 Å². The predicted octanol–water partition coefficient (Wildman–Crippen LogP) is 0.0489. The zero-order valence-corrected chi connectivity index (χ0v) is 11.1. The van der Waals surface area contributed by atoms with Crippen molar-refractivity contribution in [3.8, 4) is 0 Å². The summed E-state index contributed by atoms with van der Waals surface area (Å²) in [4.78, 5) is 27.3. The average Bonchev–Trinajstić information content (AvgIpc) is 2.74. The van der Waals surface area contributed by atoms with Crippen LogP contribution in [0.25, 0.3) is 0 Å². The van der Waals surface area contributed by atoms with Gasteiger partial charge in [0.2, 0.25) is 11.8 Å². The molecule has 5 heteroatoms. The summed E-state index contributed by atoms with van der Waals surface area (Å²) >= 11 is 0. The fourth-order valence-corrected chi connectivity index (χ4v) is 2.06. The fourth-order valence-electron chi connectivity index (χ4n) is 2.06. The van der Waals surface area contributed by atoms with E-state index in [1.807, 2.05) is 13.8 Å². The van der Waals surface area contributed by atoms with Crippen LogP contribution in [0.4, 0.5) is 0 Å². The molecular weight excluding hydrogens is 218 g/mol. The molecule has 1 aliphatic rings. The lowest BCUT2D eigenvalue weighted by molar-refractivity contribution is -0.143. The van der Waals surface area contributed by atoms with Gasteiger partial charge in [-0.2, -0.15) is 0 Å². The molecule has 0 bridgehead atoms. The summed E-state index contributed by atoms with van der Waals surface area (Å²) in [6, 6.07) is -0.826. The molecule has 1 heterocycles. The number of carbonyl (C=O) groups is 2. The van der Waals surface area contributed by atoms with Gasteiger partial charge >= 0.3 is 0 Å². The zero-order valence-electron chi connectivity index (χ0n) is 11.1. The number of amides is 2. The van der Waals surface area contributed by atoms with Crippen LogP contribution in [0.15, 0.2) is 0 Å². The van der Waals surface area contributed by atoms with E-state index in [1.54, 1.807) is 19.0 Å². The SMILES string of the molecule is CC(C)[C@H](N)C(=O)N1CCCC1C(=O)N(C)C. The van der Waals surface area contributed by atoms with Gasteiger partial charge in [0.15, 0.2) is 0 Å². The van der Waals surface area contributed by atoms with E-state index in [-0.39, 0.29) is 23.8 Å². The standard InChI is InChI=1S/C12H23N3O2/c1-8(2)10(13)12(17)15-7-5-6-9(15)11(16)14(3)4/h8-10H,5-7,13H2,1-4H3/t9?,10-/m0/s1. The molecule has 98 valence electrons. The highest BCUT2D eigenvalue weighted by Crippen LogP contribution is 2.20. The Balaban J connectivity index is 2.76. The molecule has 1 rings (SSSR count). The number of hydrogen-bond donors (Lipinski definition) is 1. The third kappa shape index (κ3) is 2.97. The monoisotopic (exact) mass is 241 g/mol. The number of likely N-dealkylation sites (N-methyl/N-ethyl adjacent to an activating group) is 1. The summed E-state index contributed by atoms with van der Waals surface area (Å²) in [7, 11) is 3.43. The van der Waals surface area contributed by atoms with Crippen molar-refractivity contribution in [2.45, 2.75) is 38.8 Å².